The van der Waals surface area contributed by atoms with Gasteiger partial charge in [0.1, 0.15) is 0 Å². The highest BCUT2D eigenvalue weighted by molar-refractivity contribution is 5.87. The van der Waals surface area contributed by atoms with E-state index in [0.29, 0.717) is 5.41 Å². The average Bonchev–Trinajstić information content (AvgIpc) is 2.85. The summed E-state index contributed by atoms with van der Waals surface area (Å²) in [5.41, 5.74) is 0.346. The fourth-order valence-corrected chi connectivity index (χ4v) is 2.24. The van der Waals surface area contributed by atoms with Gasteiger partial charge in [-0.1, -0.05) is 27.7 Å². The van der Waals surface area contributed by atoms with Crippen molar-refractivity contribution in [1.82, 2.24) is 9.80 Å². The van der Waals surface area contributed by atoms with Gasteiger partial charge in [-0.2, -0.15) is 0 Å². The summed E-state index contributed by atoms with van der Waals surface area (Å²) in [5.74, 6) is 0.175. The fraction of sp³-hybridized carbons (Fsp3) is 0.812. The van der Waals surface area contributed by atoms with Gasteiger partial charge >= 0.3 is 0 Å². The first kappa shape index (κ1) is 16.1. The summed E-state index contributed by atoms with van der Waals surface area (Å²) >= 11 is 0. The lowest BCUT2D eigenvalue weighted by Gasteiger charge is -2.25. The number of nitrogens with zero attached hydrogens (tertiary/aromatic N) is 2. The number of amides is 1. The number of rotatable bonds is 6. The summed E-state index contributed by atoms with van der Waals surface area (Å²) in [5, 5.41) is 0. The van der Waals surface area contributed by atoms with Crippen molar-refractivity contribution in [2.24, 2.45) is 5.41 Å². The zero-order valence-corrected chi connectivity index (χ0v) is 13.1. The Hall–Kier alpha value is -0.990. The Labute approximate surface area is 118 Å². The van der Waals surface area contributed by atoms with Crippen molar-refractivity contribution in [3.8, 4) is 0 Å². The highest BCUT2D eigenvalue weighted by Crippen LogP contribution is 2.19. The first-order valence-corrected chi connectivity index (χ1v) is 7.63. The third kappa shape index (κ3) is 6.65. The maximum absolute atomic E-state index is 12.0. The molecule has 0 saturated carbocycles. The van der Waals surface area contributed by atoms with Gasteiger partial charge in [0.2, 0.25) is 5.91 Å². The van der Waals surface area contributed by atoms with E-state index in [0.717, 1.165) is 51.9 Å². The Kier molecular flexibility index (Phi) is 6.40. The second-order valence-corrected chi connectivity index (χ2v) is 6.69. The molecule has 0 aromatic carbocycles. The van der Waals surface area contributed by atoms with Gasteiger partial charge in [-0.15, -0.1) is 0 Å². The highest BCUT2D eigenvalue weighted by Gasteiger charge is 2.16. The average molecular weight is 266 g/mol. The van der Waals surface area contributed by atoms with Crippen LogP contribution in [0, 0.1) is 5.41 Å². The maximum atomic E-state index is 12.0. The molecule has 1 rings (SSSR count). The van der Waals surface area contributed by atoms with Crippen LogP contribution in [0.5, 0.6) is 0 Å². The van der Waals surface area contributed by atoms with Gasteiger partial charge in [0, 0.05) is 38.5 Å². The fourth-order valence-electron chi connectivity index (χ4n) is 2.24. The van der Waals surface area contributed by atoms with Gasteiger partial charge in [-0.3, -0.25) is 4.79 Å². The summed E-state index contributed by atoms with van der Waals surface area (Å²) < 4.78 is 0. The predicted octanol–water partition coefficient (Wildman–Crippen LogP) is 3.27. The minimum Gasteiger partial charge on any atom is -0.377 e. The van der Waals surface area contributed by atoms with Crippen LogP contribution in [-0.4, -0.2) is 41.9 Å². The van der Waals surface area contributed by atoms with Crippen LogP contribution in [0.2, 0.25) is 0 Å². The number of carbonyl (C=O) groups excluding carboxylic acids is 1. The molecule has 0 aromatic rings. The Balaban J connectivity index is 2.44. The molecule has 1 saturated heterocycles. The number of hydrogen-bond donors (Lipinski definition) is 0. The molecule has 0 unspecified atom stereocenters. The van der Waals surface area contributed by atoms with E-state index < -0.39 is 0 Å². The van der Waals surface area contributed by atoms with Crippen molar-refractivity contribution >= 4 is 5.91 Å². The van der Waals surface area contributed by atoms with Gasteiger partial charge in [0.15, 0.2) is 0 Å². The Bertz CT molecular complexity index is 298. The van der Waals surface area contributed by atoms with E-state index in [1.165, 1.54) is 0 Å². The van der Waals surface area contributed by atoms with Gasteiger partial charge in [0.25, 0.3) is 0 Å². The molecule has 3 heteroatoms. The van der Waals surface area contributed by atoms with Crippen molar-refractivity contribution in [3.05, 3.63) is 12.3 Å². The molecule has 19 heavy (non-hydrogen) atoms. The minimum atomic E-state index is 0.175. The number of hydrogen-bond acceptors (Lipinski definition) is 2. The van der Waals surface area contributed by atoms with Crippen LogP contribution in [0.4, 0.5) is 0 Å². The third-order valence-corrected chi connectivity index (χ3v) is 3.51. The topological polar surface area (TPSA) is 23.6 Å². The van der Waals surface area contributed by atoms with E-state index in [2.05, 4.69) is 32.6 Å². The van der Waals surface area contributed by atoms with Crippen molar-refractivity contribution in [2.75, 3.05) is 26.2 Å². The summed E-state index contributed by atoms with van der Waals surface area (Å²) in [6, 6.07) is 0. The lowest BCUT2D eigenvalue weighted by molar-refractivity contribution is -0.125. The molecular formula is C16H30N2O. The van der Waals surface area contributed by atoms with Gasteiger partial charge in [-0.05, 0) is 31.1 Å². The molecule has 1 amide bonds. The first-order valence-electron chi connectivity index (χ1n) is 7.63. The van der Waals surface area contributed by atoms with Crippen LogP contribution in [0.3, 0.4) is 0 Å². The minimum absolute atomic E-state index is 0.175. The number of likely N-dealkylation sites (tertiary alicyclic amines) is 1. The molecule has 1 aliphatic rings. The third-order valence-electron chi connectivity index (χ3n) is 3.51. The predicted molar refractivity (Wildman–Crippen MR) is 80.9 cm³/mol. The Morgan fingerprint density at radius 3 is 2.37 bits per heavy atom. The van der Waals surface area contributed by atoms with E-state index in [1.54, 1.807) is 6.08 Å². The molecule has 110 valence electrons. The summed E-state index contributed by atoms with van der Waals surface area (Å²) in [6.45, 7) is 12.9. The van der Waals surface area contributed by atoms with E-state index in [9.17, 15) is 4.79 Å². The zero-order valence-electron chi connectivity index (χ0n) is 13.1. The van der Waals surface area contributed by atoms with Crippen LogP contribution < -0.4 is 0 Å². The molecule has 1 fully saturated rings. The Morgan fingerprint density at radius 2 is 1.84 bits per heavy atom. The zero-order chi connectivity index (χ0) is 14.3. The molecule has 0 N–H and O–H groups in total. The molecule has 0 aliphatic carbocycles. The molecule has 0 atom stereocenters. The monoisotopic (exact) mass is 266 g/mol. The molecule has 0 radical (unpaired) electrons. The summed E-state index contributed by atoms with van der Waals surface area (Å²) in [6.07, 6.45) is 8.33. The maximum Gasteiger partial charge on any atom is 0.248 e. The van der Waals surface area contributed by atoms with E-state index in [1.807, 2.05) is 11.1 Å². The van der Waals surface area contributed by atoms with E-state index >= 15 is 0 Å². The summed E-state index contributed by atoms with van der Waals surface area (Å²) in [4.78, 5) is 16.2. The lowest BCUT2D eigenvalue weighted by atomic mass is 9.92. The standard InChI is InChI=1S/C16H30N2O/c1-5-10-17(14-9-16(2,3)4)13-8-15(19)18-11-6-7-12-18/h8,13H,5-7,9-12,14H2,1-4H3/b13-8+. The van der Waals surface area contributed by atoms with Crippen LogP contribution >= 0.6 is 0 Å². The normalized spacial score (nSPS) is 16.3. The Morgan fingerprint density at radius 1 is 1.21 bits per heavy atom. The van der Waals surface area contributed by atoms with Crippen LogP contribution in [0.1, 0.15) is 53.4 Å². The second kappa shape index (κ2) is 7.56. The van der Waals surface area contributed by atoms with Crippen LogP contribution in [0.25, 0.3) is 0 Å². The molecule has 1 heterocycles. The van der Waals surface area contributed by atoms with Gasteiger partial charge in [0.05, 0.1) is 0 Å². The molecular weight excluding hydrogens is 236 g/mol. The molecule has 0 aromatic heterocycles. The molecule has 0 spiro atoms. The first-order chi connectivity index (χ1) is 8.92. The SMILES string of the molecule is CCCN(/C=C/C(=O)N1CCCC1)CCC(C)(C)C. The smallest absolute Gasteiger partial charge is 0.248 e. The van der Waals surface area contributed by atoms with Crippen LogP contribution in [0.15, 0.2) is 12.3 Å². The molecule has 3 nitrogen and oxygen atoms in total. The van der Waals surface area contributed by atoms with Crippen molar-refractivity contribution in [1.29, 1.82) is 0 Å². The van der Waals surface area contributed by atoms with E-state index in [-0.39, 0.29) is 5.91 Å². The van der Waals surface area contributed by atoms with Crippen LogP contribution in [-0.2, 0) is 4.79 Å². The van der Waals surface area contributed by atoms with Crippen molar-refractivity contribution in [2.45, 2.75) is 53.4 Å². The van der Waals surface area contributed by atoms with Gasteiger partial charge in [-0.25, -0.2) is 0 Å². The number of carbonyl (C=O) groups is 1. The van der Waals surface area contributed by atoms with E-state index in [4.69, 9.17) is 0 Å². The van der Waals surface area contributed by atoms with Gasteiger partial charge < -0.3 is 9.80 Å². The lowest BCUT2D eigenvalue weighted by Crippen LogP contribution is -2.27. The molecule has 1 aliphatic heterocycles. The quantitative estimate of drug-likeness (QED) is 0.689. The highest BCUT2D eigenvalue weighted by atomic mass is 16.2. The largest absolute Gasteiger partial charge is 0.377 e. The second-order valence-electron chi connectivity index (χ2n) is 6.69. The van der Waals surface area contributed by atoms with Crippen molar-refractivity contribution < 1.29 is 4.79 Å². The van der Waals surface area contributed by atoms with Crippen molar-refractivity contribution in [3.63, 3.8) is 0 Å². The summed E-state index contributed by atoms with van der Waals surface area (Å²) in [7, 11) is 0. The molecule has 0 bridgehead atoms.